The smallest absolute Gasteiger partial charge is 0.359 e. The van der Waals surface area contributed by atoms with Crippen molar-refractivity contribution in [3.8, 4) is 0 Å². The summed E-state index contributed by atoms with van der Waals surface area (Å²) < 4.78 is 4.93. The number of nitrogens with one attached hydrogen (secondary N) is 1. The predicted octanol–water partition coefficient (Wildman–Crippen LogP) is 3.93. The summed E-state index contributed by atoms with van der Waals surface area (Å²) in [6.45, 7) is 6.26. The number of aryl methyl sites for hydroxylation is 1. The van der Waals surface area contributed by atoms with Crippen molar-refractivity contribution in [3.05, 3.63) is 17.5 Å². The van der Waals surface area contributed by atoms with Gasteiger partial charge in [0.05, 0.1) is 0 Å². The number of nitrogens with zero attached hydrogens (tertiary/aromatic N) is 2. The van der Waals surface area contributed by atoms with E-state index in [0.717, 1.165) is 10.7 Å². The normalized spacial score (nSPS) is 20.7. The van der Waals surface area contributed by atoms with E-state index >= 15 is 0 Å². The number of rotatable bonds is 5. The first-order valence-corrected chi connectivity index (χ1v) is 9.66. The molecule has 116 valence electrons. The van der Waals surface area contributed by atoms with Gasteiger partial charge in [-0.05, 0) is 44.8 Å². The zero-order valence-electron chi connectivity index (χ0n) is 11.7. The molecule has 0 aliphatic carbocycles. The maximum atomic E-state index is 11.8. The van der Waals surface area contributed by atoms with Crippen LogP contribution in [0.3, 0.4) is 0 Å². The second-order valence-corrected chi connectivity index (χ2v) is 11.4. The van der Waals surface area contributed by atoms with Crippen molar-refractivity contribution in [1.82, 2.24) is 10.2 Å². The van der Waals surface area contributed by atoms with Crippen molar-refractivity contribution in [2.75, 3.05) is 6.61 Å². The van der Waals surface area contributed by atoms with Gasteiger partial charge in [0.2, 0.25) is 0 Å². The van der Waals surface area contributed by atoms with Crippen molar-refractivity contribution in [2.24, 2.45) is 4.99 Å². The highest BCUT2D eigenvalue weighted by atomic mass is 79.9. The van der Waals surface area contributed by atoms with E-state index < -0.39 is 9.33 Å². The minimum atomic E-state index is -0.510. The van der Waals surface area contributed by atoms with E-state index in [9.17, 15) is 4.79 Å². The van der Waals surface area contributed by atoms with Crippen LogP contribution in [-0.2, 0) is 4.74 Å². The first-order chi connectivity index (χ1) is 9.78. The summed E-state index contributed by atoms with van der Waals surface area (Å²) in [4.78, 5) is 16.4. The fraction of sp³-hybridized carbons (Fsp3) is 0.583. The van der Waals surface area contributed by atoms with Gasteiger partial charge >= 0.3 is 5.97 Å². The van der Waals surface area contributed by atoms with Gasteiger partial charge in [0.15, 0.2) is 9.05 Å². The minimum absolute atomic E-state index is 0.156. The molecule has 0 radical (unpaired) electrons. The highest BCUT2D eigenvalue weighted by Crippen LogP contribution is 2.51. The standard InChI is InChI=1S/C12H15Br2N3O2S2/c1-6(2)20-11-12(13,14)15-9(21-11)5-19-10(18)8-4-7(3)16-17-8/h4,6,11H,5H2,1-3H3,(H,16,17). The molecule has 9 heteroatoms. The summed E-state index contributed by atoms with van der Waals surface area (Å²) >= 11 is 10.5. The van der Waals surface area contributed by atoms with Crippen LogP contribution < -0.4 is 0 Å². The van der Waals surface area contributed by atoms with E-state index in [1.165, 1.54) is 0 Å². The number of ether oxygens (including phenoxy) is 1. The molecule has 1 aliphatic rings. The maximum Gasteiger partial charge on any atom is 0.359 e. The number of hydrogen-bond acceptors (Lipinski definition) is 6. The van der Waals surface area contributed by atoms with Crippen molar-refractivity contribution in [2.45, 2.75) is 34.0 Å². The van der Waals surface area contributed by atoms with Crippen molar-refractivity contribution in [3.63, 3.8) is 0 Å². The molecule has 1 aliphatic heterocycles. The van der Waals surface area contributed by atoms with Gasteiger partial charge < -0.3 is 4.74 Å². The largest absolute Gasteiger partial charge is 0.454 e. The number of carbonyl (C=O) groups is 1. The molecule has 0 fully saturated rings. The number of aromatic nitrogens is 2. The van der Waals surface area contributed by atoms with Gasteiger partial charge in [-0.25, -0.2) is 9.79 Å². The Balaban J connectivity index is 1.91. The van der Waals surface area contributed by atoms with Crippen LogP contribution in [0.25, 0.3) is 0 Å². The summed E-state index contributed by atoms with van der Waals surface area (Å²) in [5.41, 5.74) is 1.11. The van der Waals surface area contributed by atoms with Crippen molar-refractivity contribution in [1.29, 1.82) is 0 Å². The Morgan fingerprint density at radius 3 is 2.90 bits per heavy atom. The molecular weight excluding hydrogens is 442 g/mol. The lowest BCUT2D eigenvalue weighted by molar-refractivity contribution is 0.0559. The van der Waals surface area contributed by atoms with E-state index in [1.54, 1.807) is 29.6 Å². The summed E-state index contributed by atoms with van der Waals surface area (Å²) in [6, 6.07) is 1.66. The monoisotopic (exact) mass is 455 g/mol. The van der Waals surface area contributed by atoms with Crippen molar-refractivity contribution < 1.29 is 9.53 Å². The number of aromatic amines is 1. The lowest BCUT2D eigenvalue weighted by atomic mass is 10.4. The summed E-state index contributed by atoms with van der Waals surface area (Å²) in [6.07, 6.45) is 0. The van der Waals surface area contributed by atoms with E-state index in [1.807, 2.05) is 6.92 Å². The number of carbonyl (C=O) groups excluding carboxylic acids is 1. The molecule has 2 heterocycles. The van der Waals surface area contributed by atoms with Crippen LogP contribution in [0.4, 0.5) is 0 Å². The number of H-pyrrole nitrogens is 1. The van der Waals surface area contributed by atoms with Crippen LogP contribution >= 0.6 is 55.4 Å². The maximum absolute atomic E-state index is 11.8. The molecule has 21 heavy (non-hydrogen) atoms. The Labute approximate surface area is 148 Å². The van der Waals surface area contributed by atoms with Crippen LogP contribution in [0.5, 0.6) is 0 Å². The lowest BCUT2D eigenvalue weighted by Gasteiger charge is -2.20. The number of aliphatic imine (C=N–C) groups is 1. The third-order valence-corrected chi connectivity index (χ3v) is 7.71. The van der Waals surface area contributed by atoms with Gasteiger partial charge in [-0.2, -0.15) is 5.10 Å². The number of alkyl halides is 2. The van der Waals surface area contributed by atoms with E-state index in [0.29, 0.717) is 5.25 Å². The average Bonchev–Trinajstić information content (AvgIpc) is 2.91. The molecule has 1 aromatic heterocycles. The summed E-state index contributed by atoms with van der Waals surface area (Å²) in [5.74, 6) is -0.447. The molecule has 0 saturated heterocycles. The third kappa shape index (κ3) is 4.74. The summed E-state index contributed by atoms with van der Waals surface area (Å²) in [5, 5.41) is 7.86. The molecule has 2 rings (SSSR count). The van der Waals surface area contributed by atoms with Gasteiger partial charge in [0, 0.05) is 10.9 Å². The number of esters is 1. The zero-order valence-corrected chi connectivity index (χ0v) is 16.5. The Hall–Kier alpha value is 0.0100. The Kier molecular flexibility index (Phi) is 5.84. The van der Waals surface area contributed by atoms with E-state index in [4.69, 9.17) is 4.74 Å². The van der Waals surface area contributed by atoms with Crippen LogP contribution in [0.2, 0.25) is 0 Å². The van der Waals surface area contributed by atoms with Gasteiger partial charge in [-0.1, -0.05) is 25.6 Å². The topological polar surface area (TPSA) is 67.3 Å². The van der Waals surface area contributed by atoms with Crippen LogP contribution in [0, 0.1) is 6.92 Å². The zero-order chi connectivity index (χ0) is 15.6. The fourth-order valence-corrected chi connectivity index (χ4v) is 6.16. The first kappa shape index (κ1) is 17.4. The second-order valence-electron chi connectivity index (χ2n) is 4.74. The molecule has 1 aromatic rings. The molecule has 5 nitrogen and oxygen atoms in total. The third-order valence-electron chi connectivity index (χ3n) is 2.44. The molecule has 0 aromatic carbocycles. The molecule has 1 atom stereocenters. The minimum Gasteiger partial charge on any atom is -0.454 e. The molecule has 0 amide bonds. The van der Waals surface area contributed by atoms with E-state index in [-0.39, 0.29) is 16.9 Å². The molecule has 1 N–H and O–H groups in total. The van der Waals surface area contributed by atoms with Gasteiger partial charge in [0.1, 0.15) is 16.2 Å². The lowest BCUT2D eigenvalue weighted by Crippen LogP contribution is -2.18. The molecule has 0 bridgehead atoms. The Bertz CT molecular complexity index is 560. The number of thioether (sulfide) groups is 2. The number of halogens is 2. The highest BCUT2D eigenvalue weighted by molar-refractivity contribution is 9.25. The Morgan fingerprint density at radius 1 is 1.62 bits per heavy atom. The predicted molar refractivity (Wildman–Crippen MR) is 95.7 cm³/mol. The molecule has 1 unspecified atom stereocenters. The van der Waals surface area contributed by atoms with Crippen LogP contribution in [-0.4, -0.2) is 41.0 Å². The average molecular weight is 457 g/mol. The quantitative estimate of drug-likeness (QED) is 0.413. The SMILES string of the molecule is Cc1cc(C(=O)OCC2=NC(Br)(Br)C(SC(C)C)S2)n[nH]1. The molecule has 0 spiro atoms. The summed E-state index contributed by atoms with van der Waals surface area (Å²) in [7, 11) is 0. The van der Waals surface area contributed by atoms with E-state index in [2.05, 4.69) is 60.9 Å². The van der Waals surface area contributed by atoms with Gasteiger partial charge in [-0.3, -0.25) is 5.10 Å². The second kappa shape index (κ2) is 7.06. The van der Waals surface area contributed by atoms with Crippen LogP contribution in [0.15, 0.2) is 11.1 Å². The first-order valence-electron chi connectivity index (χ1n) is 6.25. The van der Waals surface area contributed by atoms with Crippen molar-refractivity contribution >= 4 is 66.4 Å². The van der Waals surface area contributed by atoms with Crippen LogP contribution in [0.1, 0.15) is 30.0 Å². The number of hydrogen-bond donors (Lipinski definition) is 1. The van der Waals surface area contributed by atoms with Gasteiger partial charge in [-0.15, -0.1) is 11.8 Å². The molecular formula is C12H15Br2N3O2S2. The molecule has 0 saturated carbocycles. The fourth-order valence-electron chi connectivity index (χ4n) is 1.59. The highest BCUT2D eigenvalue weighted by Gasteiger charge is 2.41. The Morgan fingerprint density at radius 2 is 2.33 bits per heavy atom. The van der Waals surface area contributed by atoms with Gasteiger partial charge in [0.25, 0.3) is 0 Å².